The van der Waals surface area contributed by atoms with Crippen LogP contribution in [0.2, 0.25) is 0 Å². The Morgan fingerprint density at radius 3 is 2.43 bits per heavy atom. The molecule has 0 aromatic heterocycles. The molecule has 2 aromatic rings. The SMILES string of the molecule is Cc1cc(N)ccc1Nc1ccc(N2CCOCC2)cc1. The maximum atomic E-state index is 5.78. The number of nitrogen functional groups attached to an aromatic ring is 1. The van der Waals surface area contributed by atoms with Gasteiger partial charge in [-0.1, -0.05) is 0 Å². The molecule has 0 bridgehead atoms. The smallest absolute Gasteiger partial charge is 0.0642 e. The number of benzene rings is 2. The Hall–Kier alpha value is -2.20. The minimum atomic E-state index is 0.792. The number of aryl methyl sites for hydroxylation is 1. The van der Waals surface area contributed by atoms with Crippen molar-refractivity contribution in [3.63, 3.8) is 0 Å². The van der Waals surface area contributed by atoms with Crippen LogP contribution in [0.25, 0.3) is 0 Å². The van der Waals surface area contributed by atoms with Crippen molar-refractivity contribution in [2.45, 2.75) is 6.92 Å². The molecule has 21 heavy (non-hydrogen) atoms. The second kappa shape index (κ2) is 6.06. The molecule has 0 spiro atoms. The van der Waals surface area contributed by atoms with E-state index in [4.69, 9.17) is 10.5 Å². The Morgan fingerprint density at radius 2 is 1.76 bits per heavy atom. The highest BCUT2D eigenvalue weighted by Crippen LogP contribution is 2.24. The van der Waals surface area contributed by atoms with E-state index in [9.17, 15) is 0 Å². The van der Waals surface area contributed by atoms with Gasteiger partial charge in [-0.25, -0.2) is 0 Å². The molecular weight excluding hydrogens is 262 g/mol. The first-order valence-corrected chi connectivity index (χ1v) is 7.28. The minimum absolute atomic E-state index is 0.792. The maximum absolute atomic E-state index is 5.78. The number of hydrogen-bond donors (Lipinski definition) is 2. The van der Waals surface area contributed by atoms with E-state index in [1.54, 1.807) is 0 Å². The molecule has 0 saturated carbocycles. The van der Waals surface area contributed by atoms with Gasteiger partial charge in [0.05, 0.1) is 13.2 Å². The fraction of sp³-hybridized carbons (Fsp3) is 0.294. The fourth-order valence-corrected chi connectivity index (χ4v) is 2.56. The van der Waals surface area contributed by atoms with Crippen molar-refractivity contribution in [2.75, 3.05) is 42.3 Å². The molecule has 0 aliphatic carbocycles. The van der Waals surface area contributed by atoms with Crippen molar-refractivity contribution in [1.82, 2.24) is 0 Å². The molecule has 3 rings (SSSR count). The maximum Gasteiger partial charge on any atom is 0.0642 e. The lowest BCUT2D eigenvalue weighted by Crippen LogP contribution is -2.36. The van der Waals surface area contributed by atoms with Gasteiger partial charge in [0.15, 0.2) is 0 Å². The van der Waals surface area contributed by atoms with Gasteiger partial charge >= 0.3 is 0 Å². The van der Waals surface area contributed by atoms with Gasteiger partial charge in [-0.15, -0.1) is 0 Å². The topological polar surface area (TPSA) is 50.5 Å². The lowest BCUT2D eigenvalue weighted by Gasteiger charge is -2.29. The number of morpholine rings is 1. The summed E-state index contributed by atoms with van der Waals surface area (Å²) in [6.07, 6.45) is 0. The predicted octanol–water partition coefficient (Wildman–Crippen LogP) is 3.16. The van der Waals surface area contributed by atoms with Crippen molar-refractivity contribution < 1.29 is 4.74 Å². The standard InChI is InChI=1S/C17H21N3O/c1-13-12-14(18)2-7-17(13)19-15-3-5-16(6-4-15)20-8-10-21-11-9-20/h2-7,12,19H,8-11,18H2,1H3. The van der Waals surface area contributed by atoms with E-state index in [1.165, 1.54) is 5.69 Å². The molecule has 0 amide bonds. The van der Waals surface area contributed by atoms with Gasteiger partial charge in [0.1, 0.15) is 0 Å². The summed E-state index contributed by atoms with van der Waals surface area (Å²) in [7, 11) is 0. The van der Waals surface area contributed by atoms with Crippen molar-refractivity contribution in [1.29, 1.82) is 0 Å². The van der Waals surface area contributed by atoms with Crippen LogP contribution in [0.5, 0.6) is 0 Å². The first-order valence-electron chi connectivity index (χ1n) is 7.28. The van der Waals surface area contributed by atoms with Crippen molar-refractivity contribution in [3.8, 4) is 0 Å². The lowest BCUT2D eigenvalue weighted by molar-refractivity contribution is 0.122. The molecule has 1 heterocycles. The Morgan fingerprint density at radius 1 is 1.05 bits per heavy atom. The highest BCUT2D eigenvalue weighted by Gasteiger charge is 2.10. The van der Waals surface area contributed by atoms with Crippen molar-refractivity contribution >= 4 is 22.7 Å². The molecule has 4 nitrogen and oxygen atoms in total. The molecule has 4 heteroatoms. The second-order valence-electron chi connectivity index (χ2n) is 5.35. The highest BCUT2D eigenvalue weighted by molar-refractivity contribution is 5.67. The molecule has 2 aromatic carbocycles. The van der Waals surface area contributed by atoms with E-state index >= 15 is 0 Å². The summed E-state index contributed by atoms with van der Waals surface area (Å²) in [5, 5.41) is 3.43. The van der Waals surface area contributed by atoms with Crippen LogP contribution in [0.3, 0.4) is 0 Å². The normalized spacial score (nSPS) is 15.0. The quantitative estimate of drug-likeness (QED) is 0.850. The number of ether oxygens (including phenoxy) is 1. The summed E-state index contributed by atoms with van der Waals surface area (Å²) in [4.78, 5) is 2.35. The Balaban J connectivity index is 1.71. The highest BCUT2D eigenvalue weighted by atomic mass is 16.5. The minimum Gasteiger partial charge on any atom is -0.399 e. The fourth-order valence-electron chi connectivity index (χ4n) is 2.56. The van der Waals surface area contributed by atoms with Gasteiger partial charge in [-0.05, 0) is 55.0 Å². The second-order valence-corrected chi connectivity index (χ2v) is 5.35. The van der Waals surface area contributed by atoms with Gasteiger partial charge in [-0.2, -0.15) is 0 Å². The molecule has 0 atom stereocenters. The van der Waals surface area contributed by atoms with E-state index in [0.717, 1.165) is 48.9 Å². The Kier molecular flexibility index (Phi) is 3.97. The van der Waals surface area contributed by atoms with Crippen LogP contribution in [0, 0.1) is 6.92 Å². The molecule has 1 aliphatic heterocycles. The summed E-state index contributed by atoms with van der Waals surface area (Å²) in [6.45, 7) is 5.60. The molecule has 1 saturated heterocycles. The number of anilines is 4. The van der Waals surface area contributed by atoms with Crippen molar-refractivity contribution in [3.05, 3.63) is 48.0 Å². The van der Waals surface area contributed by atoms with Gasteiger partial charge in [0.2, 0.25) is 0 Å². The predicted molar refractivity (Wildman–Crippen MR) is 88.3 cm³/mol. The van der Waals surface area contributed by atoms with E-state index in [2.05, 4.69) is 41.4 Å². The lowest BCUT2D eigenvalue weighted by atomic mass is 10.1. The van der Waals surface area contributed by atoms with Crippen LogP contribution >= 0.6 is 0 Å². The van der Waals surface area contributed by atoms with Crippen molar-refractivity contribution in [2.24, 2.45) is 0 Å². The summed E-state index contributed by atoms with van der Waals surface area (Å²) >= 11 is 0. The third kappa shape index (κ3) is 3.28. The van der Waals surface area contributed by atoms with E-state index < -0.39 is 0 Å². The van der Waals surface area contributed by atoms with Crippen LogP contribution in [0.15, 0.2) is 42.5 Å². The molecule has 1 aliphatic rings. The van der Waals surface area contributed by atoms with Gasteiger partial charge in [0.25, 0.3) is 0 Å². The van der Waals surface area contributed by atoms with E-state index in [-0.39, 0.29) is 0 Å². The third-order valence-corrected chi connectivity index (χ3v) is 3.77. The summed E-state index contributed by atoms with van der Waals surface area (Å²) in [6, 6.07) is 14.4. The molecular formula is C17H21N3O. The molecule has 110 valence electrons. The Bertz CT molecular complexity index is 604. The number of nitrogens with two attached hydrogens (primary N) is 1. The Labute approximate surface area is 125 Å². The molecule has 1 fully saturated rings. The first-order chi connectivity index (χ1) is 10.2. The zero-order chi connectivity index (χ0) is 14.7. The third-order valence-electron chi connectivity index (χ3n) is 3.77. The van der Waals surface area contributed by atoms with E-state index in [0.29, 0.717) is 0 Å². The van der Waals surface area contributed by atoms with Crippen LogP contribution in [0.4, 0.5) is 22.7 Å². The van der Waals surface area contributed by atoms with Gasteiger partial charge < -0.3 is 20.7 Å². The van der Waals surface area contributed by atoms with Gasteiger partial charge in [-0.3, -0.25) is 0 Å². The zero-order valence-electron chi connectivity index (χ0n) is 12.3. The first kappa shape index (κ1) is 13.8. The molecule has 0 radical (unpaired) electrons. The van der Waals surface area contributed by atoms with Crippen LogP contribution < -0.4 is 16.0 Å². The summed E-state index contributed by atoms with van der Waals surface area (Å²) < 4.78 is 5.38. The number of nitrogens with one attached hydrogen (secondary N) is 1. The monoisotopic (exact) mass is 283 g/mol. The molecule has 0 unspecified atom stereocenters. The zero-order valence-corrected chi connectivity index (χ0v) is 12.3. The number of hydrogen-bond acceptors (Lipinski definition) is 4. The van der Waals surface area contributed by atoms with E-state index in [1.807, 2.05) is 18.2 Å². The largest absolute Gasteiger partial charge is 0.399 e. The average Bonchev–Trinajstić information content (AvgIpc) is 2.52. The molecule has 3 N–H and O–H groups in total. The summed E-state index contributed by atoms with van der Waals surface area (Å²) in [5.41, 5.74) is 11.1. The van der Waals surface area contributed by atoms with Crippen LogP contribution in [0.1, 0.15) is 5.56 Å². The van der Waals surface area contributed by atoms with Crippen LogP contribution in [-0.2, 0) is 4.74 Å². The van der Waals surface area contributed by atoms with Gasteiger partial charge in [0, 0.05) is 35.8 Å². The summed E-state index contributed by atoms with van der Waals surface area (Å²) in [5.74, 6) is 0. The average molecular weight is 283 g/mol. The van der Waals surface area contributed by atoms with Crippen LogP contribution in [-0.4, -0.2) is 26.3 Å². The number of nitrogens with zero attached hydrogens (tertiary/aromatic N) is 1. The number of rotatable bonds is 3.